The predicted octanol–water partition coefficient (Wildman–Crippen LogP) is 1.74. The van der Waals surface area contributed by atoms with Gasteiger partial charge in [0.2, 0.25) is 0 Å². The van der Waals surface area contributed by atoms with E-state index in [1.165, 1.54) is 7.11 Å². The summed E-state index contributed by atoms with van der Waals surface area (Å²) in [7, 11) is 2.32. The molecule has 0 saturated carbocycles. The van der Waals surface area contributed by atoms with Gasteiger partial charge >= 0.3 is 18.0 Å². The van der Waals surface area contributed by atoms with Crippen LogP contribution >= 0.6 is 0 Å². The van der Waals surface area contributed by atoms with E-state index in [9.17, 15) is 19.3 Å². The highest BCUT2D eigenvalue weighted by Crippen LogP contribution is 2.18. The molecule has 24 heavy (non-hydrogen) atoms. The first-order valence-electron chi connectivity index (χ1n) is 7.05. The van der Waals surface area contributed by atoms with Gasteiger partial charge in [-0.05, 0) is 24.6 Å². The second-order valence-electron chi connectivity index (χ2n) is 4.86. The number of nitroso groups, excluding NO2 is 1. The van der Waals surface area contributed by atoms with Gasteiger partial charge in [0.25, 0.3) is 0 Å². The van der Waals surface area contributed by atoms with Gasteiger partial charge in [0.05, 0.1) is 20.6 Å². The van der Waals surface area contributed by atoms with Crippen molar-refractivity contribution in [2.24, 2.45) is 5.18 Å². The van der Waals surface area contributed by atoms with Crippen LogP contribution in [0.15, 0.2) is 29.4 Å². The van der Waals surface area contributed by atoms with Gasteiger partial charge in [-0.25, -0.2) is 9.59 Å². The Morgan fingerprint density at radius 2 is 1.75 bits per heavy atom. The Morgan fingerprint density at radius 1 is 1.12 bits per heavy atom. The first kappa shape index (κ1) is 19.1. The van der Waals surface area contributed by atoms with E-state index < -0.39 is 30.1 Å². The molecule has 1 aromatic rings. The average Bonchev–Trinajstić information content (AvgIpc) is 2.60. The lowest BCUT2D eigenvalue weighted by Gasteiger charge is -2.16. The van der Waals surface area contributed by atoms with E-state index in [0.717, 1.165) is 7.11 Å². The highest BCUT2D eigenvalue weighted by Gasteiger charge is 2.25. The van der Waals surface area contributed by atoms with Crippen molar-refractivity contribution in [3.8, 4) is 0 Å². The third-order valence-corrected chi connectivity index (χ3v) is 3.20. The fourth-order valence-electron chi connectivity index (χ4n) is 1.82. The lowest BCUT2D eigenvalue weighted by atomic mass is 10.1. The minimum absolute atomic E-state index is 0.349. The number of ether oxygens (including phenoxy) is 2. The molecule has 130 valence electrons. The number of hydrogen-bond acceptors (Lipinski definition) is 7. The molecule has 0 aromatic heterocycles. The summed E-state index contributed by atoms with van der Waals surface area (Å²) < 4.78 is 9.00. The molecule has 2 amide bonds. The molecule has 0 aliphatic heterocycles. The molecular weight excluding hydrogens is 318 g/mol. The van der Waals surface area contributed by atoms with Crippen LogP contribution in [0.5, 0.6) is 0 Å². The van der Waals surface area contributed by atoms with Crippen molar-refractivity contribution >= 4 is 23.7 Å². The number of esters is 2. The van der Waals surface area contributed by atoms with E-state index in [0.29, 0.717) is 11.3 Å². The van der Waals surface area contributed by atoms with Crippen LogP contribution in [-0.2, 0) is 19.1 Å². The van der Waals surface area contributed by atoms with Crippen LogP contribution in [0.4, 0.5) is 10.5 Å². The second kappa shape index (κ2) is 9.23. The zero-order valence-electron chi connectivity index (χ0n) is 13.6. The van der Waals surface area contributed by atoms with Crippen LogP contribution < -0.4 is 10.6 Å². The Balaban J connectivity index is 2.69. The first-order valence-corrected chi connectivity index (χ1v) is 7.05. The molecule has 0 aliphatic carbocycles. The maximum Gasteiger partial charge on any atom is 0.329 e. The number of hydrogen-bond donors (Lipinski definition) is 2. The Morgan fingerprint density at radius 3 is 2.25 bits per heavy atom. The Labute approximate surface area is 138 Å². The van der Waals surface area contributed by atoms with Crippen molar-refractivity contribution in [2.45, 2.75) is 25.4 Å². The summed E-state index contributed by atoms with van der Waals surface area (Å²) in [6.45, 7) is 1.65. The van der Waals surface area contributed by atoms with Gasteiger partial charge in [-0.3, -0.25) is 4.79 Å². The molecular formula is C15H19N3O6. The Hall–Kier alpha value is -2.97. The molecule has 0 fully saturated rings. The second-order valence-corrected chi connectivity index (χ2v) is 4.86. The first-order chi connectivity index (χ1) is 11.4. The summed E-state index contributed by atoms with van der Waals surface area (Å²) in [6, 6.07) is 4.12. The molecule has 0 spiro atoms. The molecule has 2 atom stereocenters. The number of anilines is 1. The fourth-order valence-corrected chi connectivity index (χ4v) is 1.82. The minimum atomic E-state index is -1.17. The molecule has 2 unspecified atom stereocenters. The maximum absolute atomic E-state index is 11.9. The van der Waals surface area contributed by atoms with Gasteiger partial charge in [-0.2, -0.15) is 4.91 Å². The van der Waals surface area contributed by atoms with Gasteiger partial charge in [0, 0.05) is 5.69 Å². The lowest BCUT2D eigenvalue weighted by molar-refractivity contribution is -0.149. The van der Waals surface area contributed by atoms with Gasteiger partial charge in [0.1, 0.15) is 12.1 Å². The van der Waals surface area contributed by atoms with E-state index in [2.05, 4.69) is 25.3 Å². The third kappa shape index (κ3) is 5.67. The van der Waals surface area contributed by atoms with Gasteiger partial charge in [-0.1, -0.05) is 17.3 Å². The number of nitrogens with one attached hydrogen (secondary N) is 2. The van der Waals surface area contributed by atoms with E-state index in [1.807, 2.05) is 0 Å². The minimum Gasteiger partial charge on any atom is -0.469 e. The maximum atomic E-state index is 11.9. The zero-order chi connectivity index (χ0) is 18.1. The summed E-state index contributed by atoms with van der Waals surface area (Å²) in [5.74, 6) is -1.43. The van der Waals surface area contributed by atoms with Crippen molar-refractivity contribution < 1.29 is 23.9 Å². The standard InChI is InChI=1S/C15H19N3O6/c1-9(18-22)10-4-6-11(7-5-10)16-15(21)17-12(14(20)24-3)8-13(19)23-2/h4-7,9,12H,8H2,1-3H3,(H2,16,17,21). The number of nitrogens with zero attached hydrogens (tertiary/aromatic N) is 1. The molecule has 0 saturated heterocycles. The molecule has 1 rings (SSSR count). The molecule has 0 bridgehead atoms. The van der Waals surface area contributed by atoms with Crippen LogP contribution in [0.1, 0.15) is 24.9 Å². The quantitative estimate of drug-likeness (QED) is 0.577. The van der Waals surface area contributed by atoms with Gasteiger partial charge in [0.15, 0.2) is 0 Å². The van der Waals surface area contributed by atoms with E-state index >= 15 is 0 Å². The Bertz CT molecular complexity index is 602. The third-order valence-electron chi connectivity index (χ3n) is 3.20. The summed E-state index contributed by atoms with van der Waals surface area (Å²) >= 11 is 0. The van der Waals surface area contributed by atoms with E-state index in [1.54, 1.807) is 31.2 Å². The number of rotatable bonds is 7. The average molecular weight is 337 g/mol. The predicted molar refractivity (Wildman–Crippen MR) is 85.2 cm³/mol. The molecule has 0 aliphatic rings. The number of urea groups is 1. The molecule has 9 nitrogen and oxygen atoms in total. The normalized spacial score (nSPS) is 12.5. The SMILES string of the molecule is COC(=O)CC(NC(=O)Nc1ccc(C(C)N=O)cc1)C(=O)OC. The van der Waals surface area contributed by atoms with Crippen molar-refractivity contribution in [3.05, 3.63) is 34.7 Å². The van der Waals surface area contributed by atoms with Crippen LogP contribution in [-0.4, -0.2) is 38.2 Å². The van der Waals surface area contributed by atoms with Crippen LogP contribution in [0.3, 0.4) is 0 Å². The summed E-state index contributed by atoms with van der Waals surface area (Å²) in [5, 5.41) is 7.75. The lowest BCUT2D eigenvalue weighted by Crippen LogP contribution is -2.45. The van der Waals surface area contributed by atoms with Crippen molar-refractivity contribution in [3.63, 3.8) is 0 Å². The van der Waals surface area contributed by atoms with Gasteiger partial charge < -0.3 is 20.1 Å². The number of carbonyl (C=O) groups is 3. The van der Waals surface area contributed by atoms with Crippen LogP contribution in [0.2, 0.25) is 0 Å². The molecule has 0 radical (unpaired) electrons. The summed E-state index contributed by atoms with van der Waals surface area (Å²) in [5.41, 5.74) is 1.14. The van der Waals surface area contributed by atoms with Crippen molar-refractivity contribution in [2.75, 3.05) is 19.5 Å². The molecule has 9 heteroatoms. The van der Waals surface area contributed by atoms with E-state index in [-0.39, 0.29) is 6.42 Å². The summed E-state index contributed by atoms with van der Waals surface area (Å²) in [4.78, 5) is 45.3. The van der Waals surface area contributed by atoms with Crippen LogP contribution in [0.25, 0.3) is 0 Å². The highest BCUT2D eigenvalue weighted by molar-refractivity contribution is 5.93. The van der Waals surface area contributed by atoms with E-state index in [4.69, 9.17) is 0 Å². The number of amides is 2. The highest BCUT2D eigenvalue weighted by atomic mass is 16.5. The Kier molecular flexibility index (Phi) is 7.34. The number of methoxy groups -OCH3 is 2. The number of benzene rings is 1. The number of carbonyl (C=O) groups excluding carboxylic acids is 3. The molecule has 1 aromatic carbocycles. The zero-order valence-corrected chi connectivity index (χ0v) is 13.6. The monoisotopic (exact) mass is 337 g/mol. The van der Waals surface area contributed by atoms with Crippen LogP contribution in [0, 0.1) is 4.91 Å². The largest absolute Gasteiger partial charge is 0.469 e. The van der Waals surface area contributed by atoms with Gasteiger partial charge in [-0.15, -0.1) is 0 Å². The fraction of sp³-hybridized carbons (Fsp3) is 0.400. The smallest absolute Gasteiger partial charge is 0.329 e. The van der Waals surface area contributed by atoms with Crippen molar-refractivity contribution in [1.82, 2.24) is 5.32 Å². The summed E-state index contributed by atoms with van der Waals surface area (Å²) in [6.07, 6.45) is -0.349. The molecule has 2 N–H and O–H groups in total. The topological polar surface area (TPSA) is 123 Å². The molecule has 0 heterocycles. The van der Waals surface area contributed by atoms with Crippen molar-refractivity contribution in [1.29, 1.82) is 0 Å².